The lowest BCUT2D eigenvalue weighted by Gasteiger charge is -2.31. The zero-order valence-electron chi connectivity index (χ0n) is 15.0. The van der Waals surface area contributed by atoms with E-state index < -0.39 is 46.7 Å². The van der Waals surface area contributed by atoms with Gasteiger partial charge in [-0.2, -0.15) is 8.78 Å². The van der Waals surface area contributed by atoms with E-state index >= 15 is 0 Å². The van der Waals surface area contributed by atoms with E-state index in [1.54, 1.807) is 0 Å². The summed E-state index contributed by atoms with van der Waals surface area (Å²) in [6.45, 7) is -0.450. The number of carboxylic acids is 1. The molecule has 0 saturated heterocycles. The summed E-state index contributed by atoms with van der Waals surface area (Å²) in [5.41, 5.74) is -0.739. The maximum absolute atomic E-state index is 12.9. The Morgan fingerprint density at radius 3 is 2.46 bits per heavy atom. The SMILES string of the molecule is COC(=O)C1=C(C)N=C(C)C(C(=O)O)[C@@H]1c1cc([N+](=O)[O-])ccc1OC(F)F. The van der Waals surface area contributed by atoms with Crippen LogP contribution in [0.5, 0.6) is 5.75 Å². The molecule has 0 amide bonds. The number of alkyl halides is 2. The zero-order valence-corrected chi connectivity index (χ0v) is 15.0. The summed E-state index contributed by atoms with van der Waals surface area (Å²) in [6.07, 6.45) is 0. The lowest BCUT2D eigenvalue weighted by molar-refractivity contribution is -0.385. The van der Waals surface area contributed by atoms with Crippen LogP contribution in [0.15, 0.2) is 34.5 Å². The van der Waals surface area contributed by atoms with Gasteiger partial charge in [-0.15, -0.1) is 0 Å². The summed E-state index contributed by atoms with van der Waals surface area (Å²) in [7, 11) is 1.06. The van der Waals surface area contributed by atoms with Crippen molar-refractivity contribution in [3.8, 4) is 5.75 Å². The van der Waals surface area contributed by atoms with Crippen LogP contribution in [0.25, 0.3) is 0 Å². The van der Waals surface area contributed by atoms with E-state index in [2.05, 4.69) is 9.73 Å². The molecule has 0 fully saturated rings. The summed E-state index contributed by atoms with van der Waals surface area (Å²) in [6, 6.07) is 2.78. The van der Waals surface area contributed by atoms with E-state index in [1.165, 1.54) is 13.8 Å². The van der Waals surface area contributed by atoms with Crippen molar-refractivity contribution >= 4 is 23.3 Å². The quantitative estimate of drug-likeness (QED) is 0.443. The number of carbonyl (C=O) groups is 2. The maximum Gasteiger partial charge on any atom is 0.387 e. The topological polar surface area (TPSA) is 128 Å². The van der Waals surface area contributed by atoms with Gasteiger partial charge in [-0.1, -0.05) is 0 Å². The highest BCUT2D eigenvalue weighted by Crippen LogP contribution is 2.44. The van der Waals surface area contributed by atoms with E-state index in [9.17, 15) is 33.6 Å². The fourth-order valence-electron chi connectivity index (χ4n) is 3.16. The van der Waals surface area contributed by atoms with Crippen molar-refractivity contribution in [3.63, 3.8) is 0 Å². The molecule has 2 rings (SSSR count). The number of allylic oxidation sites excluding steroid dienone is 1. The smallest absolute Gasteiger partial charge is 0.387 e. The van der Waals surface area contributed by atoms with Crippen molar-refractivity contribution in [2.45, 2.75) is 26.4 Å². The molecule has 1 N–H and O–H groups in total. The first-order chi connectivity index (χ1) is 13.1. The molecule has 28 heavy (non-hydrogen) atoms. The number of nitro benzene ring substituents is 1. The Kier molecular flexibility index (Phi) is 6.06. The number of carbonyl (C=O) groups excluding carboxylic acids is 1. The van der Waals surface area contributed by atoms with E-state index in [0.717, 1.165) is 25.3 Å². The highest BCUT2D eigenvalue weighted by Gasteiger charge is 2.43. The first kappa shape index (κ1) is 20.9. The van der Waals surface area contributed by atoms with Gasteiger partial charge in [0, 0.05) is 35.0 Å². The molecule has 1 aromatic carbocycles. The maximum atomic E-state index is 12.9. The van der Waals surface area contributed by atoms with Crippen molar-refractivity contribution < 1.29 is 37.9 Å². The number of halogens is 2. The molecule has 2 atom stereocenters. The number of aliphatic carboxylic acids is 1. The van der Waals surface area contributed by atoms with Gasteiger partial charge >= 0.3 is 18.6 Å². The van der Waals surface area contributed by atoms with Crippen LogP contribution in [-0.2, 0) is 14.3 Å². The summed E-state index contributed by atoms with van der Waals surface area (Å²) in [4.78, 5) is 38.6. The Balaban J connectivity index is 2.83. The fourth-order valence-corrected chi connectivity index (χ4v) is 3.16. The van der Waals surface area contributed by atoms with E-state index in [4.69, 9.17) is 4.74 Å². The van der Waals surface area contributed by atoms with E-state index in [-0.39, 0.29) is 22.5 Å². The molecule has 150 valence electrons. The van der Waals surface area contributed by atoms with Gasteiger partial charge in [0.2, 0.25) is 0 Å². The second-order valence-electron chi connectivity index (χ2n) is 5.90. The Labute approximate surface area is 157 Å². The summed E-state index contributed by atoms with van der Waals surface area (Å²) >= 11 is 0. The highest BCUT2D eigenvalue weighted by molar-refractivity contribution is 6.06. The van der Waals surface area contributed by atoms with Crippen molar-refractivity contribution in [1.29, 1.82) is 0 Å². The average molecular weight is 398 g/mol. The Morgan fingerprint density at radius 1 is 1.32 bits per heavy atom. The molecular weight excluding hydrogens is 382 g/mol. The lowest BCUT2D eigenvalue weighted by Crippen LogP contribution is -2.35. The number of methoxy groups -OCH3 is 1. The third-order valence-electron chi connectivity index (χ3n) is 4.25. The van der Waals surface area contributed by atoms with E-state index in [0.29, 0.717) is 0 Å². The van der Waals surface area contributed by atoms with Gasteiger partial charge in [-0.05, 0) is 19.9 Å². The number of non-ortho nitro benzene ring substituents is 1. The molecule has 0 bridgehead atoms. The minimum Gasteiger partial charge on any atom is -0.481 e. The normalized spacial score (nSPS) is 19.3. The van der Waals surface area contributed by atoms with Crippen LogP contribution in [0.3, 0.4) is 0 Å². The van der Waals surface area contributed by atoms with Gasteiger partial charge in [0.05, 0.1) is 17.6 Å². The van der Waals surface area contributed by atoms with Crippen LogP contribution in [0, 0.1) is 16.0 Å². The zero-order chi connectivity index (χ0) is 21.2. The summed E-state index contributed by atoms with van der Waals surface area (Å²) < 4.78 is 34.8. The second-order valence-corrected chi connectivity index (χ2v) is 5.90. The first-order valence-electron chi connectivity index (χ1n) is 7.88. The van der Waals surface area contributed by atoms with Crippen LogP contribution in [-0.4, -0.2) is 41.4 Å². The molecule has 0 aliphatic carbocycles. The van der Waals surface area contributed by atoms with Gasteiger partial charge in [0.15, 0.2) is 0 Å². The molecule has 1 unspecified atom stereocenters. The number of benzene rings is 1. The molecule has 1 aliphatic rings. The minimum absolute atomic E-state index is 0.0946. The fraction of sp³-hybridized carbons (Fsp3) is 0.353. The molecule has 1 heterocycles. The Hall–Kier alpha value is -3.37. The monoisotopic (exact) mass is 398 g/mol. The van der Waals surface area contributed by atoms with Crippen LogP contribution >= 0.6 is 0 Å². The summed E-state index contributed by atoms with van der Waals surface area (Å²) in [5.74, 6) is -5.63. The van der Waals surface area contributed by atoms with E-state index in [1.807, 2.05) is 0 Å². The Bertz CT molecular complexity index is 895. The van der Waals surface area contributed by atoms with Gasteiger partial charge in [0.25, 0.3) is 5.69 Å². The molecule has 0 spiro atoms. The van der Waals surface area contributed by atoms with Gasteiger partial charge < -0.3 is 14.6 Å². The van der Waals surface area contributed by atoms with Gasteiger partial charge in [-0.3, -0.25) is 19.9 Å². The second kappa shape index (κ2) is 8.11. The van der Waals surface area contributed by atoms with Gasteiger partial charge in [0.1, 0.15) is 11.7 Å². The molecular formula is C17H16F2N2O7. The predicted molar refractivity (Wildman–Crippen MR) is 91.4 cm³/mol. The molecule has 11 heteroatoms. The lowest BCUT2D eigenvalue weighted by atomic mass is 9.75. The number of ether oxygens (including phenoxy) is 2. The highest BCUT2D eigenvalue weighted by atomic mass is 19.3. The number of nitrogens with zero attached hydrogens (tertiary/aromatic N) is 2. The standard InChI is InChI=1S/C17H16F2N2O7/c1-7-12(15(22)23)14(13(8(2)20-7)16(24)27-3)10-6-9(21(25)26)4-5-11(10)28-17(18)19/h4-6,12,14,17H,1-3H3,(H,22,23)/t12?,14-/m0/s1. The molecule has 0 saturated carbocycles. The van der Waals surface area contributed by atoms with Crippen molar-refractivity contribution in [2.24, 2.45) is 10.9 Å². The number of hydrogen-bond donors (Lipinski definition) is 1. The molecule has 1 aliphatic heterocycles. The van der Waals surface area contributed by atoms with Crippen molar-refractivity contribution in [1.82, 2.24) is 0 Å². The van der Waals surface area contributed by atoms with Crippen LogP contribution in [0.1, 0.15) is 25.3 Å². The molecule has 9 nitrogen and oxygen atoms in total. The van der Waals surface area contributed by atoms with Crippen molar-refractivity contribution in [2.75, 3.05) is 7.11 Å². The van der Waals surface area contributed by atoms with Crippen LogP contribution < -0.4 is 4.74 Å². The average Bonchev–Trinajstić information content (AvgIpc) is 2.59. The Morgan fingerprint density at radius 2 is 1.96 bits per heavy atom. The minimum atomic E-state index is -3.27. The number of aliphatic imine (C=N–C) groups is 1. The number of nitro groups is 1. The molecule has 0 aromatic heterocycles. The van der Waals surface area contributed by atoms with Crippen LogP contribution in [0.2, 0.25) is 0 Å². The molecule has 1 aromatic rings. The van der Waals surface area contributed by atoms with Gasteiger partial charge in [-0.25, -0.2) is 4.79 Å². The third-order valence-corrected chi connectivity index (χ3v) is 4.25. The number of hydrogen-bond acceptors (Lipinski definition) is 7. The predicted octanol–water partition coefficient (Wildman–Crippen LogP) is 2.90. The number of rotatable bonds is 6. The summed E-state index contributed by atoms with van der Waals surface area (Å²) in [5, 5.41) is 20.8. The largest absolute Gasteiger partial charge is 0.481 e. The van der Waals surface area contributed by atoms with Crippen LogP contribution in [0.4, 0.5) is 14.5 Å². The third kappa shape index (κ3) is 3.97. The number of esters is 1. The first-order valence-corrected chi connectivity index (χ1v) is 7.88. The molecule has 0 radical (unpaired) electrons. The number of carboxylic acid groups (broad SMARTS) is 1. The van der Waals surface area contributed by atoms with Crippen molar-refractivity contribution in [3.05, 3.63) is 45.1 Å².